The van der Waals surface area contributed by atoms with Crippen LogP contribution in [0.3, 0.4) is 0 Å². The lowest BCUT2D eigenvalue weighted by Gasteiger charge is -2.12. The van der Waals surface area contributed by atoms with Crippen LogP contribution < -0.4 is 14.2 Å². The maximum atomic E-state index is 10.9. The van der Waals surface area contributed by atoms with Gasteiger partial charge in [-0.2, -0.15) is 0 Å². The van der Waals surface area contributed by atoms with Crippen molar-refractivity contribution in [2.75, 3.05) is 27.9 Å². The predicted molar refractivity (Wildman–Crippen MR) is 57.1 cm³/mol. The number of para-hydroxylation sites is 1. The number of rotatable bonds is 5. The SMILES string of the molecule is COC(=O)COc1cccc(OC)c1OC. The molecule has 0 N–H and O–H groups in total. The molecule has 1 rings (SSSR count). The second-order valence-corrected chi connectivity index (χ2v) is 2.86. The zero-order valence-corrected chi connectivity index (χ0v) is 9.48. The summed E-state index contributed by atoms with van der Waals surface area (Å²) in [6.45, 7) is -0.167. The molecule has 0 heterocycles. The van der Waals surface area contributed by atoms with E-state index >= 15 is 0 Å². The van der Waals surface area contributed by atoms with Gasteiger partial charge in [-0.25, -0.2) is 4.79 Å². The first-order valence-electron chi connectivity index (χ1n) is 4.63. The second kappa shape index (κ2) is 5.85. The van der Waals surface area contributed by atoms with Crippen molar-refractivity contribution in [3.8, 4) is 17.2 Å². The van der Waals surface area contributed by atoms with Gasteiger partial charge in [-0.1, -0.05) is 6.07 Å². The molecule has 0 saturated carbocycles. The van der Waals surface area contributed by atoms with E-state index in [1.165, 1.54) is 21.3 Å². The summed E-state index contributed by atoms with van der Waals surface area (Å²) in [6, 6.07) is 5.17. The lowest BCUT2D eigenvalue weighted by molar-refractivity contribution is -0.142. The fourth-order valence-electron chi connectivity index (χ4n) is 1.17. The average Bonchev–Trinajstić information content (AvgIpc) is 2.34. The van der Waals surface area contributed by atoms with Crippen LogP contribution in [0.1, 0.15) is 0 Å². The number of esters is 1. The lowest BCUT2D eigenvalue weighted by Crippen LogP contribution is -2.13. The fourth-order valence-corrected chi connectivity index (χ4v) is 1.17. The molecule has 0 spiro atoms. The molecule has 0 radical (unpaired) electrons. The lowest BCUT2D eigenvalue weighted by atomic mass is 10.3. The second-order valence-electron chi connectivity index (χ2n) is 2.86. The summed E-state index contributed by atoms with van der Waals surface area (Å²) in [7, 11) is 4.33. The van der Waals surface area contributed by atoms with Crippen LogP contribution in [0.15, 0.2) is 18.2 Å². The van der Waals surface area contributed by atoms with Gasteiger partial charge in [-0.05, 0) is 12.1 Å². The van der Waals surface area contributed by atoms with Crippen molar-refractivity contribution in [1.29, 1.82) is 0 Å². The van der Waals surface area contributed by atoms with Crippen LogP contribution >= 0.6 is 0 Å². The summed E-state index contributed by atoms with van der Waals surface area (Å²) in [5.41, 5.74) is 0. The molecule has 0 aliphatic heterocycles. The predicted octanol–water partition coefficient (Wildman–Crippen LogP) is 1.26. The quantitative estimate of drug-likeness (QED) is 0.707. The van der Waals surface area contributed by atoms with Crippen molar-refractivity contribution in [1.82, 2.24) is 0 Å². The van der Waals surface area contributed by atoms with Gasteiger partial charge in [0.1, 0.15) is 0 Å². The van der Waals surface area contributed by atoms with Crippen LogP contribution in [0.25, 0.3) is 0 Å². The number of carbonyl (C=O) groups excluding carboxylic acids is 1. The van der Waals surface area contributed by atoms with Gasteiger partial charge >= 0.3 is 5.97 Å². The maximum Gasteiger partial charge on any atom is 0.343 e. The Bertz CT molecular complexity index is 361. The van der Waals surface area contributed by atoms with Gasteiger partial charge in [0, 0.05) is 0 Å². The summed E-state index contributed by atoms with van der Waals surface area (Å²) in [6.07, 6.45) is 0. The minimum Gasteiger partial charge on any atom is -0.493 e. The summed E-state index contributed by atoms with van der Waals surface area (Å²) < 4.78 is 19.9. The first-order chi connectivity index (χ1) is 7.72. The van der Waals surface area contributed by atoms with Gasteiger partial charge in [0.2, 0.25) is 5.75 Å². The minimum absolute atomic E-state index is 0.167. The Kier molecular flexibility index (Phi) is 4.44. The van der Waals surface area contributed by atoms with Gasteiger partial charge < -0.3 is 18.9 Å². The molecule has 0 saturated heterocycles. The standard InChI is InChI=1S/C11H14O5/c1-13-8-5-4-6-9(11(8)15-3)16-7-10(12)14-2/h4-6H,7H2,1-3H3. The number of carbonyl (C=O) groups is 1. The van der Waals surface area contributed by atoms with Gasteiger partial charge in [0.15, 0.2) is 18.1 Å². The van der Waals surface area contributed by atoms with E-state index < -0.39 is 5.97 Å². The molecule has 16 heavy (non-hydrogen) atoms. The molecule has 88 valence electrons. The van der Waals surface area contributed by atoms with Crippen LogP contribution in [0.4, 0.5) is 0 Å². The van der Waals surface area contributed by atoms with Gasteiger partial charge in [0.05, 0.1) is 21.3 Å². The molecule has 0 aliphatic rings. The highest BCUT2D eigenvalue weighted by molar-refractivity contribution is 5.71. The van der Waals surface area contributed by atoms with E-state index in [0.29, 0.717) is 17.2 Å². The Balaban J connectivity index is 2.82. The highest BCUT2D eigenvalue weighted by Gasteiger charge is 2.11. The Hall–Kier alpha value is -1.91. The molecule has 0 aliphatic carbocycles. The number of hydrogen-bond acceptors (Lipinski definition) is 5. The molecule has 0 amide bonds. The van der Waals surface area contributed by atoms with Crippen molar-refractivity contribution < 1.29 is 23.7 Å². The third kappa shape index (κ3) is 2.79. The highest BCUT2D eigenvalue weighted by atomic mass is 16.6. The van der Waals surface area contributed by atoms with E-state index in [9.17, 15) is 4.79 Å². The smallest absolute Gasteiger partial charge is 0.343 e. The van der Waals surface area contributed by atoms with Gasteiger partial charge in [0.25, 0.3) is 0 Å². The summed E-state index contributed by atoms with van der Waals surface area (Å²) in [5, 5.41) is 0. The van der Waals surface area contributed by atoms with Crippen molar-refractivity contribution >= 4 is 5.97 Å². The highest BCUT2D eigenvalue weighted by Crippen LogP contribution is 2.36. The topological polar surface area (TPSA) is 54.0 Å². The van der Waals surface area contributed by atoms with Crippen LogP contribution in [0, 0.1) is 0 Å². The Labute approximate surface area is 93.9 Å². The zero-order chi connectivity index (χ0) is 12.0. The minimum atomic E-state index is -0.454. The first kappa shape index (κ1) is 12.2. The van der Waals surface area contributed by atoms with Gasteiger partial charge in [-0.3, -0.25) is 0 Å². The van der Waals surface area contributed by atoms with E-state index in [1.807, 2.05) is 0 Å². The monoisotopic (exact) mass is 226 g/mol. The number of ether oxygens (including phenoxy) is 4. The largest absolute Gasteiger partial charge is 0.493 e. The third-order valence-corrected chi connectivity index (χ3v) is 1.94. The van der Waals surface area contributed by atoms with E-state index in [1.54, 1.807) is 18.2 Å². The zero-order valence-electron chi connectivity index (χ0n) is 9.48. The molecular formula is C11H14O5. The Morgan fingerprint density at radius 2 is 1.81 bits per heavy atom. The molecule has 1 aromatic rings. The van der Waals surface area contributed by atoms with Crippen molar-refractivity contribution in [3.63, 3.8) is 0 Å². The molecule has 0 fully saturated rings. The molecule has 0 unspecified atom stereocenters. The van der Waals surface area contributed by atoms with E-state index in [-0.39, 0.29) is 6.61 Å². The summed E-state index contributed by atoms with van der Waals surface area (Å²) >= 11 is 0. The average molecular weight is 226 g/mol. The van der Waals surface area contributed by atoms with Crippen LogP contribution in [0.2, 0.25) is 0 Å². The van der Waals surface area contributed by atoms with Crippen molar-refractivity contribution in [2.45, 2.75) is 0 Å². The van der Waals surface area contributed by atoms with Crippen LogP contribution in [0.5, 0.6) is 17.2 Å². The van der Waals surface area contributed by atoms with Gasteiger partial charge in [-0.15, -0.1) is 0 Å². The summed E-state index contributed by atoms with van der Waals surface area (Å²) in [4.78, 5) is 10.9. The maximum absolute atomic E-state index is 10.9. The number of methoxy groups -OCH3 is 3. The molecule has 1 aromatic carbocycles. The first-order valence-corrected chi connectivity index (χ1v) is 4.63. The van der Waals surface area contributed by atoms with Crippen LogP contribution in [-0.2, 0) is 9.53 Å². The van der Waals surface area contributed by atoms with E-state index in [0.717, 1.165) is 0 Å². The Morgan fingerprint density at radius 1 is 1.12 bits per heavy atom. The van der Waals surface area contributed by atoms with E-state index in [4.69, 9.17) is 14.2 Å². The third-order valence-electron chi connectivity index (χ3n) is 1.94. The number of benzene rings is 1. The molecule has 5 heteroatoms. The van der Waals surface area contributed by atoms with Crippen molar-refractivity contribution in [2.24, 2.45) is 0 Å². The normalized spacial score (nSPS) is 9.44. The van der Waals surface area contributed by atoms with Crippen molar-refractivity contribution in [3.05, 3.63) is 18.2 Å². The van der Waals surface area contributed by atoms with E-state index in [2.05, 4.69) is 4.74 Å². The molecule has 5 nitrogen and oxygen atoms in total. The molecule has 0 bridgehead atoms. The Morgan fingerprint density at radius 3 is 2.38 bits per heavy atom. The molecular weight excluding hydrogens is 212 g/mol. The summed E-state index contributed by atoms with van der Waals surface area (Å²) in [5.74, 6) is 0.982. The number of hydrogen-bond donors (Lipinski definition) is 0. The van der Waals surface area contributed by atoms with Crippen LogP contribution in [-0.4, -0.2) is 33.9 Å². The molecule has 0 atom stereocenters. The fraction of sp³-hybridized carbons (Fsp3) is 0.364. The molecule has 0 aromatic heterocycles.